The van der Waals surface area contributed by atoms with Crippen molar-refractivity contribution in [1.82, 2.24) is 0 Å². The van der Waals surface area contributed by atoms with Crippen molar-refractivity contribution in [2.24, 2.45) is 28.6 Å². The number of fused-ring (bicyclic) bond motifs is 5. The summed E-state index contributed by atoms with van der Waals surface area (Å²) in [4.78, 5) is 36.8. The van der Waals surface area contributed by atoms with Crippen LogP contribution in [0.15, 0.2) is 23.5 Å². The molecular weight excluding hydrogens is 316 g/mol. The molecule has 0 heterocycles. The molecule has 0 unspecified atom stereocenters. The summed E-state index contributed by atoms with van der Waals surface area (Å²) >= 11 is 0. The number of hydrogen-bond donors (Lipinski definition) is 0. The van der Waals surface area contributed by atoms with Gasteiger partial charge in [0.15, 0.2) is 0 Å². The number of Topliss-reactive ketones (excluding diaryl/α,β-unsaturated/α-hetero) is 2. The first-order chi connectivity index (χ1) is 11.8. The Labute approximate surface area is 148 Å². The van der Waals surface area contributed by atoms with Crippen LogP contribution in [0.4, 0.5) is 0 Å². The Kier molecular flexibility index (Phi) is 3.61. The average molecular weight is 342 g/mol. The van der Waals surface area contributed by atoms with Crippen LogP contribution in [0.2, 0.25) is 0 Å². The molecule has 0 spiro atoms. The Hall–Kier alpha value is -1.71. The topological polar surface area (TPSA) is 60.4 Å². The van der Waals surface area contributed by atoms with E-state index in [1.165, 1.54) is 6.92 Å². The molecule has 4 aliphatic carbocycles. The van der Waals surface area contributed by atoms with Gasteiger partial charge in [-0.1, -0.05) is 19.9 Å². The summed E-state index contributed by atoms with van der Waals surface area (Å²) in [6.07, 6.45) is 8.51. The largest absolute Gasteiger partial charge is 0.431 e. The monoisotopic (exact) mass is 342 g/mol. The molecule has 4 nitrogen and oxygen atoms in total. The fourth-order valence-electron chi connectivity index (χ4n) is 6.18. The fourth-order valence-corrected chi connectivity index (χ4v) is 6.18. The van der Waals surface area contributed by atoms with E-state index in [0.717, 1.165) is 24.8 Å². The van der Waals surface area contributed by atoms with Gasteiger partial charge in [0, 0.05) is 42.9 Å². The van der Waals surface area contributed by atoms with Crippen LogP contribution in [0, 0.1) is 28.6 Å². The minimum absolute atomic E-state index is 0.00777. The van der Waals surface area contributed by atoms with E-state index in [4.69, 9.17) is 4.74 Å². The second-order valence-corrected chi connectivity index (χ2v) is 8.79. The molecule has 0 aromatic carbocycles. The Morgan fingerprint density at radius 2 is 1.96 bits per heavy atom. The summed E-state index contributed by atoms with van der Waals surface area (Å²) in [5.41, 5.74) is 0.502. The van der Waals surface area contributed by atoms with Crippen molar-refractivity contribution in [3.8, 4) is 0 Å². The SMILES string of the molecule is CC(=O)OC1=CC2=CC[C@@H]3[C@H](C(=O)C[C@]4(C)C(=O)CC[C@@H]34)[C@@]2(C)CC1. The fraction of sp³-hybridized carbons (Fsp3) is 0.667. The van der Waals surface area contributed by atoms with Crippen molar-refractivity contribution in [3.05, 3.63) is 23.5 Å². The normalized spacial score (nSPS) is 42.8. The van der Waals surface area contributed by atoms with Gasteiger partial charge in [-0.05, 0) is 42.7 Å². The number of allylic oxidation sites excluding steroid dienone is 4. The number of rotatable bonds is 1. The third-order valence-corrected chi connectivity index (χ3v) is 7.41. The van der Waals surface area contributed by atoms with Crippen LogP contribution in [0.25, 0.3) is 0 Å². The maximum absolute atomic E-state index is 13.2. The molecule has 4 rings (SSSR count). The standard InChI is InChI=1S/C21H26O4/c1-12(22)25-14-8-9-20(2)13(10-14)4-5-15-16-6-7-18(24)21(16,3)11-17(23)19(15)20/h4,10,15-16,19H,5-9,11H2,1-3H3/t15-,16-,19+,20-,21-/m0/s1. The third kappa shape index (κ3) is 2.29. The van der Waals surface area contributed by atoms with Crippen LogP contribution in [0.5, 0.6) is 0 Å². The van der Waals surface area contributed by atoms with Crippen molar-refractivity contribution in [2.75, 3.05) is 0 Å². The summed E-state index contributed by atoms with van der Waals surface area (Å²) < 4.78 is 5.30. The third-order valence-electron chi connectivity index (χ3n) is 7.41. The van der Waals surface area contributed by atoms with Gasteiger partial charge in [0.2, 0.25) is 0 Å². The molecule has 4 heteroatoms. The molecule has 0 aromatic rings. The van der Waals surface area contributed by atoms with E-state index in [2.05, 4.69) is 13.0 Å². The molecule has 0 N–H and O–H groups in total. The Bertz CT molecular complexity index is 730. The number of esters is 1. The average Bonchev–Trinajstić information content (AvgIpc) is 2.82. The molecule has 134 valence electrons. The van der Waals surface area contributed by atoms with Gasteiger partial charge in [-0.25, -0.2) is 0 Å². The van der Waals surface area contributed by atoms with E-state index in [0.29, 0.717) is 30.9 Å². The summed E-state index contributed by atoms with van der Waals surface area (Å²) in [6.45, 7) is 5.62. The van der Waals surface area contributed by atoms with Gasteiger partial charge in [0.1, 0.15) is 17.3 Å². The quantitative estimate of drug-likeness (QED) is 0.681. The van der Waals surface area contributed by atoms with E-state index in [-0.39, 0.29) is 34.8 Å². The molecule has 0 saturated heterocycles. The number of carbonyl (C=O) groups excluding carboxylic acids is 3. The van der Waals surface area contributed by atoms with Crippen molar-refractivity contribution < 1.29 is 19.1 Å². The molecule has 2 saturated carbocycles. The zero-order chi connectivity index (χ0) is 18.0. The van der Waals surface area contributed by atoms with Crippen LogP contribution >= 0.6 is 0 Å². The predicted molar refractivity (Wildman–Crippen MR) is 92.3 cm³/mol. The maximum atomic E-state index is 13.2. The molecule has 0 aromatic heterocycles. The molecule has 0 radical (unpaired) electrons. The van der Waals surface area contributed by atoms with E-state index in [1.807, 2.05) is 13.0 Å². The lowest BCUT2D eigenvalue weighted by molar-refractivity contribution is -0.148. The van der Waals surface area contributed by atoms with Gasteiger partial charge in [0.25, 0.3) is 0 Å². The highest BCUT2D eigenvalue weighted by molar-refractivity contribution is 5.95. The van der Waals surface area contributed by atoms with Crippen LogP contribution in [0.3, 0.4) is 0 Å². The summed E-state index contributed by atoms with van der Waals surface area (Å²) in [5, 5.41) is 0. The zero-order valence-electron chi connectivity index (χ0n) is 15.3. The second-order valence-electron chi connectivity index (χ2n) is 8.79. The van der Waals surface area contributed by atoms with Crippen molar-refractivity contribution >= 4 is 17.5 Å². The molecule has 5 atom stereocenters. The summed E-state index contributed by atoms with van der Waals surface area (Å²) in [5.74, 6) is 1.55. The minimum atomic E-state index is -0.437. The highest BCUT2D eigenvalue weighted by Crippen LogP contribution is 2.62. The zero-order valence-corrected chi connectivity index (χ0v) is 15.3. The van der Waals surface area contributed by atoms with E-state index in [9.17, 15) is 14.4 Å². The number of ketones is 2. The van der Waals surface area contributed by atoms with Gasteiger partial charge >= 0.3 is 5.97 Å². The Balaban J connectivity index is 1.72. The first-order valence-electron chi connectivity index (χ1n) is 9.41. The van der Waals surface area contributed by atoms with Gasteiger partial charge in [-0.2, -0.15) is 0 Å². The first-order valence-corrected chi connectivity index (χ1v) is 9.41. The lowest BCUT2D eigenvalue weighted by Crippen LogP contribution is -2.54. The minimum Gasteiger partial charge on any atom is -0.431 e. The highest BCUT2D eigenvalue weighted by atomic mass is 16.5. The van der Waals surface area contributed by atoms with E-state index < -0.39 is 5.41 Å². The van der Waals surface area contributed by atoms with Crippen LogP contribution < -0.4 is 0 Å². The highest BCUT2D eigenvalue weighted by Gasteiger charge is 2.61. The predicted octanol–water partition coefficient (Wildman–Crippen LogP) is 3.75. The summed E-state index contributed by atoms with van der Waals surface area (Å²) in [7, 11) is 0. The number of ether oxygens (including phenoxy) is 1. The molecule has 4 aliphatic rings. The lowest BCUT2D eigenvalue weighted by Gasteiger charge is -2.54. The molecule has 0 amide bonds. The van der Waals surface area contributed by atoms with Crippen molar-refractivity contribution in [3.63, 3.8) is 0 Å². The first kappa shape index (κ1) is 16.7. The van der Waals surface area contributed by atoms with Crippen molar-refractivity contribution in [1.29, 1.82) is 0 Å². The molecular formula is C21H26O4. The Morgan fingerprint density at radius 1 is 1.20 bits per heavy atom. The van der Waals surface area contributed by atoms with Gasteiger partial charge in [0.05, 0.1) is 0 Å². The second kappa shape index (κ2) is 5.39. The van der Waals surface area contributed by atoms with E-state index >= 15 is 0 Å². The van der Waals surface area contributed by atoms with Crippen LogP contribution in [-0.4, -0.2) is 17.5 Å². The van der Waals surface area contributed by atoms with Gasteiger partial charge in [-0.3, -0.25) is 14.4 Å². The maximum Gasteiger partial charge on any atom is 0.307 e. The summed E-state index contributed by atoms with van der Waals surface area (Å²) in [6, 6.07) is 0. The molecule has 0 bridgehead atoms. The van der Waals surface area contributed by atoms with Crippen LogP contribution in [0.1, 0.15) is 59.3 Å². The Morgan fingerprint density at radius 3 is 2.68 bits per heavy atom. The number of carbonyl (C=O) groups is 3. The van der Waals surface area contributed by atoms with Crippen molar-refractivity contribution in [2.45, 2.75) is 59.3 Å². The van der Waals surface area contributed by atoms with E-state index in [1.54, 1.807) is 0 Å². The van der Waals surface area contributed by atoms with Crippen LogP contribution in [-0.2, 0) is 19.1 Å². The molecule has 0 aliphatic heterocycles. The van der Waals surface area contributed by atoms with Gasteiger partial charge < -0.3 is 4.74 Å². The molecule has 2 fully saturated rings. The lowest BCUT2D eigenvalue weighted by atomic mass is 9.48. The van der Waals surface area contributed by atoms with Gasteiger partial charge in [-0.15, -0.1) is 0 Å². The molecule has 25 heavy (non-hydrogen) atoms. The smallest absolute Gasteiger partial charge is 0.307 e. The number of hydrogen-bond acceptors (Lipinski definition) is 4.